The number of carbonyl (C=O) groups excluding carboxylic acids is 1. The Kier molecular flexibility index (Phi) is 3.94. The number of rotatable bonds is 2. The van der Waals surface area contributed by atoms with Crippen molar-refractivity contribution in [3.8, 4) is 0 Å². The van der Waals surface area contributed by atoms with Crippen LogP contribution in [-0.4, -0.2) is 23.9 Å². The van der Waals surface area contributed by atoms with Crippen molar-refractivity contribution in [1.29, 1.82) is 0 Å². The number of fused-ring (bicyclic) bond motifs is 1. The molecule has 2 aromatic rings. The third-order valence-corrected chi connectivity index (χ3v) is 5.57. The second-order valence-corrected chi connectivity index (χ2v) is 7.15. The molecule has 0 amide bonds. The summed E-state index contributed by atoms with van der Waals surface area (Å²) in [6.45, 7) is 2.07. The summed E-state index contributed by atoms with van der Waals surface area (Å²) in [6, 6.07) is 7.65. The van der Waals surface area contributed by atoms with Crippen molar-refractivity contribution in [2.75, 3.05) is 23.7 Å². The standard InChI is InChI=1S/C19H19N3OS/c20-18-16(24-19(21-18)22-10-4-1-5-11-22)12-14-9-8-13-6-2-3-7-15(13)17(14)23/h2-3,6-9,12H,1,4-5,10-11,20H2. The predicted molar refractivity (Wildman–Crippen MR) is 100 cm³/mol. The summed E-state index contributed by atoms with van der Waals surface area (Å²) >= 11 is 1.57. The van der Waals surface area contributed by atoms with Crippen LogP contribution in [0.15, 0.2) is 35.9 Å². The summed E-state index contributed by atoms with van der Waals surface area (Å²) in [5.41, 5.74) is 8.46. The molecule has 1 aliphatic carbocycles. The van der Waals surface area contributed by atoms with E-state index in [9.17, 15) is 4.79 Å². The number of nitrogens with two attached hydrogens (primary N) is 1. The molecule has 4 rings (SSSR count). The van der Waals surface area contributed by atoms with Crippen LogP contribution >= 0.6 is 11.3 Å². The number of nitrogen functional groups attached to an aromatic ring is 1. The van der Waals surface area contributed by atoms with Crippen molar-refractivity contribution in [2.45, 2.75) is 19.3 Å². The minimum Gasteiger partial charge on any atom is -0.382 e. The summed E-state index contributed by atoms with van der Waals surface area (Å²) < 4.78 is 0. The van der Waals surface area contributed by atoms with Gasteiger partial charge in [0.05, 0.1) is 4.88 Å². The Morgan fingerprint density at radius 1 is 1.12 bits per heavy atom. The van der Waals surface area contributed by atoms with Crippen LogP contribution in [0.1, 0.15) is 40.1 Å². The maximum Gasteiger partial charge on any atom is 0.193 e. The van der Waals surface area contributed by atoms with Gasteiger partial charge in [-0.3, -0.25) is 4.79 Å². The molecule has 0 atom stereocenters. The number of nitrogens with zero attached hydrogens (tertiary/aromatic N) is 2. The van der Waals surface area contributed by atoms with Gasteiger partial charge in [0, 0.05) is 24.2 Å². The molecule has 5 heteroatoms. The number of anilines is 2. The molecular weight excluding hydrogens is 318 g/mol. The lowest BCUT2D eigenvalue weighted by molar-refractivity contribution is 0.103. The highest BCUT2D eigenvalue weighted by Gasteiger charge is 2.20. The molecule has 2 N–H and O–H groups in total. The SMILES string of the molecule is Nc1nc(N2CCCCC2)sc1C=C1C=Cc2ccccc2C1=O. The first-order valence-electron chi connectivity index (χ1n) is 8.27. The highest BCUT2D eigenvalue weighted by Crippen LogP contribution is 2.33. The number of carbonyl (C=O) groups is 1. The van der Waals surface area contributed by atoms with Gasteiger partial charge < -0.3 is 10.6 Å². The first kappa shape index (κ1) is 15.1. The highest BCUT2D eigenvalue weighted by molar-refractivity contribution is 7.17. The number of allylic oxidation sites excluding steroid dienone is 2. The molecule has 0 saturated carbocycles. The van der Waals surface area contributed by atoms with E-state index in [-0.39, 0.29) is 5.78 Å². The maximum absolute atomic E-state index is 12.7. The van der Waals surface area contributed by atoms with Crippen molar-refractivity contribution in [3.63, 3.8) is 0 Å². The Morgan fingerprint density at radius 2 is 1.92 bits per heavy atom. The molecule has 4 nitrogen and oxygen atoms in total. The molecule has 1 fully saturated rings. The lowest BCUT2D eigenvalue weighted by atomic mass is 9.92. The van der Waals surface area contributed by atoms with Crippen LogP contribution in [0.3, 0.4) is 0 Å². The van der Waals surface area contributed by atoms with Gasteiger partial charge in [-0.25, -0.2) is 4.98 Å². The smallest absolute Gasteiger partial charge is 0.193 e. The van der Waals surface area contributed by atoms with Crippen molar-refractivity contribution in [1.82, 2.24) is 4.98 Å². The molecule has 2 aliphatic rings. The molecule has 0 unspecified atom stereocenters. The first-order chi connectivity index (χ1) is 11.7. The molecule has 1 aliphatic heterocycles. The summed E-state index contributed by atoms with van der Waals surface area (Å²) in [5, 5.41) is 0.965. The average molecular weight is 337 g/mol. The number of piperidine rings is 1. The van der Waals surface area contributed by atoms with Gasteiger partial charge in [-0.05, 0) is 30.9 Å². The minimum absolute atomic E-state index is 0.0421. The molecule has 0 spiro atoms. The van der Waals surface area contributed by atoms with Crippen LogP contribution in [0.4, 0.5) is 10.9 Å². The fraction of sp³-hybridized carbons (Fsp3) is 0.263. The number of thiazole rings is 1. The van der Waals surface area contributed by atoms with Gasteiger partial charge in [-0.2, -0.15) is 0 Å². The molecule has 122 valence electrons. The van der Waals surface area contributed by atoms with Crippen LogP contribution in [0.5, 0.6) is 0 Å². The summed E-state index contributed by atoms with van der Waals surface area (Å²) in [7, 11) is 0. The Hall–Kier alpha value is -2.40. The van der Waals surface area contributed by atoms with Gasteiger partial charge >= 0.3 is 0 Å². The van der Waals surface area contributed by atoms with Crippen LogP contribution in [0.2, 0.25) is 0 Å². The van der Waals surface area contributed by atoms with Gasteiger partial charge in [0.15, 0.2) is 10.9 Å². The maximum atomic E-state index is 12.7. The molecule has 1 saturated heterocycles. The Bertz CT molecular complexity index is 844. The highest BCUT2D eigenvalue weighted by atomic mass is 32.1. The van der Waals surface area contributed by atoms with Gasteiger partial charge in [-0.1, -0.05) is 47.8 Å². The number of hydrogen-bond acceptors (Lipinski definition) is 5. The number of ketones is 1. The van der Waals surface area contributed by atoms with E-state index in [2.05, 4.69) is 9.88 Å². The first-order valence-corrected chi connectivity index (χ1v) is 9.09. The van der Waals surface area contributed by atoms with Crippen LogP contribution in [-0.2, 0) is 0 Å². The third-order valence-electron chi connectivity index (χ3n) is 4.49. The molecule has 0 radical (unpaired) electrons. The van der Waals surface area contributed by atoms with Crippen molar-refractivity contribution < 1.29 is 4.79 Å². The van der Waals surface area contributed by atoms with E-state index < -0.39 is 0 Å². The normalized spacial score (nSPS) is 18.9. The van der Waals surface area contributed by atoms with Gasteiger partial charge in [-0.15, -0.1) is 0 Å². The number of hydrogen-bond donors (Lipinski definition) is 1. The van der Waals surface area contributed by atoms with Crippen molar-refractivity contribution >= 4 is 40.2 Å². The van der Waals surface area contributed by atoms with E-state index in [4.69, 9.17) is 5.73 Å². The van der Waals surface area contributed by atoms with Crippen LogP contribution < -0.4 is 10.6 Å². The Morgan fingerprint density at radius 3 is 2.75 bits per heavy atom. The Labute approximate surface area is 145 Å². The zero-order valence-electron chi connectivity index (χ0n) is 13.4. The van der Waals surface area contributed by atoms with Gasteiger partial charge in [0.2, 0.25) is 0 Å². The van der Waals surface area contributed by atoms with E-state index in [1.54, 1.807) is 11.3 Å². The molecule has 24 heavy (non-hydrogen) atoms. The van der Waals surface area contributed by atoms with E-state index in [0.29, 0.717) is 11.4 Å². The minimum atomic E-state index is 0.0421. The second-order valence-electron chi connectivity index (χ2n) is 6.14. The molecule has 1 aromatic heterocycles. The summed E-state index contributed by atoms with van der Waals surface area (Å²) in [6.07, 6.45) is 9.40. The van der Waals surface area contributed by atoms with E-state index >= 15 is 0 Å². The average Bonchev–Trinajstić information content (AvgIpc) is 2.99. The van der Waals surface area contributed by atoms with E-state index in [0.717, 1.165) is 34.2 Å². The summed E-state index contributed by atoms with van der Waals surface area (Å²) in [5.74, 6) is 0.550. The van der Waals surface area contributed by atoms with Crippen LogP contribution in [0.25, 0.3) is 12.2 Å². The van der Waals surface area contributed by atoms with Crippen molar-refractivity contribution in [2.24, 2.45) is 0 Å². The fourth-order valence-corrected chi connectivity index (χ4v) is 4.16. The molecule has 2 heterocycles. The topological polar surface area (TPSA) is 59.2 Å². The van der Waals surface area contributed by atoms with Gasteiger partial charge in [0.25, 0.3) is 0 Å². The largest absolute Gasteiger partial charge is 0.382 e. The number of Topliss-reactive ketones (excluding diaryl/α,β-unsaturated/α-hetero) is 1. The van der Waals surface area contributed by atoms with Crippen LogP contribution in [0, 0.1) is 0 Å². The van der Waals surface area contributed by atoms with Crippen molar-refractivity contribution in [3.05, 3.63) is 51.9 Å². The zero-order chi connectivity index (χ0) is 16.5. The van der Waals surface area contributed by atoms with E-state index in [1.807, 2.05) is 42.5 Å². The van der Waals surface area contributed by atoms with E-state index in [1.165, 1.54) is 19.3 Å². The predicted octanol–water partition coefficient (Wildman–Crippen LogP) is 4.01. The number of aromatic nitrogens is 1. The lowest BCUT2D eigenvalue weighted by Crippen LogP contribution is -2.29. The molecule has 1 aromatic carbocycles. The molecular formula is C19H19N3OS. The number of benzene rings is 1. The monoisotopic (exact) mass is 337 g/mol. The molecule has 0 bridgehead atoms. The third kappa shape index (κ3) is 2.76. The Balaban J connectivity index is 1.64. The lowest BCUT2D eigenvalue weighted by Gasteiger charge is -2.25. The quantitative estimate of drug-likeness (QED) is 0.841. The summed E-state index contributed by atoms with van der Waals surface area (Å²) in [4.78, 5) is 20.3. The zero-order valence-corrected chi connectivity index (χ0v) is 14.2. The fourth-order valence-electron chi connectivity index (χ4n) is 3.17. The van der Waals surface area contributed by atoms with Gasteiger partial charge in [0.1, 0.15) is 5.82 Å². The second kappa shape index (κ2) is 6.24.